The van der Waals surface area contributed by atoms with E-state index in [0.29, 0.717) is 5.92 Å². The minimum Gasteiger partial charge on any atom is -0.230 e. The van der Waals surface area contributed by atoms with Crippen LogP contribution in [0.1, 0.15) is 13.8 Å². The molecule has 0 aromatic heterocycles. The minimum atomic E-state index is 0.661. The van der Waals surface area contributed by atoms with Crippen LogP contribution in [0.3, 0.4) is 0 Å². The summed E-state index contributed by atoms with van der Waals surface area (Å²) in [6, 6.07) is 0. The Balaban J connectivity index is 2.50. The van der Waals surface area contributed by atoms with E-state index in [-0.39, 0.29) is 0 Å². The van der Waals surface area contributed by atoms with Gasteiger partial charge in [0.2, 0.25) is 0 Å². The topological polar surface area (TPSA) is 27.4 Å². The van der Waals surface area contributed by atoms with Crippen molar-refractivity contribution in [2.24, 2.45) is 11.0 Å². The van der Waals surface area contributed by atoms with Crippen molar-refractivity contribution in [3.8, 4) is 0 Å². The molecular formula is C7H12N3+. The fourth-order valence-corrected chi connectivity index (χ4v) is 0.808. The summed E-state index contributed by atoms with van der Waals surface area (Å²) < 4.78 is 2.03. The van der Waals surface area contributed by atoms with E-state index in [4.69, 9.17) is 0 Å². The molecule has 0 atom stereocenters. The van der Waals surface area contributed by atoms with Gasteiger partial charge in [0.05, 0.1) is 12.4 Å². The van der Waals surface area contributed by atoms with E-state index in [1.807, 2.05) is 17.1 Å². The van der Waals surface area contributed by atoms with Crippen molar-refractivity contribution < 1.29 is 4.58 Å². The summed E-state index contributed by atoms with van der Waals surface area (Å²) >= 11 is 0. The number of hydrazone groups is 1. The Labute approximate surface area is 60.8 Å². The Bertz CT molecular complexity index is 197. The van der Waals surface area contributed by atoms with Crippen LogP contribution in [-0.2, 0) is 0 Å². The van der Waals surface area contributed by atoms with Crippen LogP contribution < -0.4 is 5.43 Å². The van der Waals surface area contributed by atoms with Gasteiger partial charge in [0.25, 0.3) is 6.34 Å². The largest absolute Gasteiger partial charge is 0.263 e. The van der Waals surface area contributed by atoms with E-state index in [0.717, 1.165) is 6.54 Å². The maximum absolute atomic E-state index is 3.68. The average molecular weight is 138 g/mol. The van der Waals surface area contributed by atoms with Crippen LogP contribution in [0.2, 0.25) is 0 Å². The third-order valence-electron chi connectivity index (χ3n) is 1.15. The van der Waals surface area contributed by atoms with Crippen molar-refractivity contribution in [2.45, 2.75) is 13.8 Å². The molecule has 0 aromatic rings. The van der Waals surface area contributed by atoms with Crippen LogP contribution >= 0.6 is 0 Å². The van der Waals surface area contributed by atoms with Crippen LogP contribution in [-0.4, -0.2) is 23.3 Å². The van der Waals surface area contributed by atoms with Gasteiger partial charge < -0.3 is 0 Å². The van der Waals surface area contributed by atoms with Crippen LogP contribution in [0, 0.1) is 5.92 Å². The molecule has 0 spiro atoms. The molecule has 0 saturated heterocycles. The first-order valence-electron chi connectivity index (χ1n) is 3.42. The van der Waals surface area contributed by atoms with Crippen molar-refractivity contribution in [2.75, 3.05) is 6.54 Å². The van der Waals surface area contributed by atoms with Crippen molar-refractivity contribution in [1.29, 1.82) is 0 Å². The summed E-state index contributed by atoms with van der Waals surface area (Å²) in [4.78, 5) is 0. The molecule has 1 N–H and O–H groups in total. The number of hydrogen-bond acceptors (Lipinski definition) is 2. The van der Waals surface area contributed by atoms with Crippen LogP contribution in [0.15, 0.2) is 11.3 Å². The average Bonchev–Trinajstić information content (AvgIpc) is 1.88. The molecule has 1 aliphatic heterocycles. The number of hydrogen-bond donors (Lipinski definition) is 1. The quantitative estimate of drug-likeness (QED) is 0.549. The third-order valence-corrected chi connectivity index (χ3v) is 1.15. The first kappa shape index (κ1) is 7.03. The van der Waals surface area contributed by atoms with Crippen LogP contribution in [0.5, 0.6) is 0 Å². The Hall–Kier alpha value is -1.08. The highest BCUT2D eigenvalue weighted by atomic mass is 15.3. The molecular weight excluding hydrogens is 126 g/mol. The van der Waals surface area contributed by atoms with E-state index in [1.54, 1.807) is 0 Å². The van der Waals surface area contributed by atoms with E-state index in [1.165, 1.54) is 0 Å². The molecule has 0 amide bonds. The van der Waals surface area contributed by atoms with E-state index in [9.17, 15) is 0 Å². The molecule has 3 nitrogen and oxygen atoms in total. The molecule has 1 aliphatic rings. The smallest absolute Gasteiger partial charge is 0.230 e. The lowest BCUT2D eigenvalue weighted by Gasteiger charge is -2.03. The van der Waals surface area contributed by atoms with Gasteiger partial charge in [0, 0.05) is 0 Å². The molecule has 10 heavy (non-hydrogen) atoms. The van der Waals surface area contributed by atoms with E-state index < -0.39 is 0 Å². The van der Waals surface area contributed by atoms with Crippen molar-refractivity contribution in [1.82, 2.24) is 5.43 Å². The highest BCUT2D eigenvalue weighted by molar-refractivity contribution is 5.58. The summed E-state index contributed by atoms with van der Waals surface area (Å²) in [5.41, 5.74) is 2.72. The summed E-state index contributed by atoms with van der Waals surface area (Å²) in [5.74, 6) is 3.39. The highest BCUT2D eigenvalue weighted by Gasteiger charge is 2.01. The fraction of sp³-hybridized carbons (Fsp3) is 0.571. The van der Waals surface area contributed by atoms with Gasteiger partial charge in [-0.25, -0.2) is 4.58 Å². The standard InChI is InChI=1S/C7H11N3/c1-7(2)5-10-4-3-8-9-6-10/h4,6-7H,5H2,1-2H3/p+1. The molecule has 0 radical (unpaired) electrons. The van der Waals surface area contributed by atoms with Gasteiger partial charge in [-0.3, -0.25) is 0 Å². The third kappa shape index (κ3) is 2.03. The summed E-state index contributed by atoms with van der Waals surface area (Å²) in [6.07, 6.45) is 3.66. The Morgan fingerprint density at radius 3 is 3.00 bits per heavy atom. The first-order valence-corrected chi connectivity index (χ1v) is 3.42. The molecule has 1 rings (SSSR count). The van der Waals surface area contributed by atoms with Gasteiger partial charge in [-0.2, -0.15) is 0 Å². The molecule has 0 aliphatic carbocycles. The summed E-state index contributed by atoms with van der Waals surface area (Å²) in [6.45, 7) is 5.36. The molecule has 0 aromatic carbocycles. The highest BCUT2D eigenvalue weighted by Crippen LogP contribution is 1.91. The number of rotatable bonds is 2. The molecule has 54 valence electrons. The molecule has 1 heterocycles. The fourth-order valence-electron chi connectivity index (χ4n) is 0.808. The molecule has 0 bridgehead atoms. The zero-order valence-corrected chi connectivity index (χ0v) is 6.33. The van der Waals surface area contributed by atoms with Gasteiger partial charge in [-0.15, -0.1) is 5.43 Å². The molecule has 0 unspecified atom stereocenters. The second kappa shape index (κ2) is 3.18. The summed E-state index contributed by atoms with van der Waals surface area (Å²) in [7, 11) is 0. The second-order valence-electron chi connectivity index (χ2n) is 2.72. The lowest BCUT2D eigenvalue weighted by Crippen LogP contribution is -2.21. The Morgan fingerprint density at radius 1 is 1.70 bits per heavy atom. The predicted octanol–water partition coefficient (Wildman–Crippen LogP) is 0.385. The first-order chi connectivity index (χ1) is 4.79. The summed E-state index contributed by atoms with van der Waals surface area (Å²) in [5, 5.41) is 3.68. The van der Waals surface area contributed by atoms with Gasteiger partial charge in [0.1, 0.15) is 0 Å². The Kier molecular flexibility index (Phi) is 2.24. The SMILES string of the molecule is CC(C)C[N+]1=CNN=C=C1. The lowest BCUT2D eigenvalue weighted by molar-refractivity contribution is -0.460. The van der Waals surface area contributed by atoms with Crippen molar-refractivity contribution in [3.05, 3.63) is 6.20 Å². The maximum atomic E-state index is 3.68. The molecule has 0 saturated carbocycles. The Morgan fingerprint density at radius 2 is 2.50 bits per heavy atom. The predicted molar refractivity (Wildman–Crippen MR) is 41.2 cm³/mol. The van der Waals surface area contributed by atoms with Crippen molar-refractivity contribution in [3.63, 3.8) is 0 Å². The zero-order chi connectivity index (χ0) is 7.40. The number of nitrogens with zero attached hydrogens (tertiary/aromatic N) is 2. The minimum absolute atomic E-state index is 0.661. The molecule has 3 heteroatoms. The number of nitrogens with one attached hydrogen (secondary N) is 1. The van der Waals surface area contributed by atoms with Crippen LogP contribution in [0.4, 0.5) is 0 Å². The second-order valence-corrected chi connectivity index (χ2v) is 2.72. The molecule has 0 fully saturated rings. The van der Waals surface area contributed by atoms with Crippen molar-refractivity contribution >= 4 is 12.2 Å². The maximum Gasteiger partial charge on any atom is 0.263 e. The van der Waals surface area contributed by atoms with Crippen LogP contribution in [0.25, 0.3) is 0 Å². The van der Waals surface area contributed by atoms with Gasteiger partial charge in [0.15, 0.2) is 6.20 Å². The lowest BCUT2D eigenvalue weighted by atomic mass is 10.2. The zero-order valence-electron chi connectivity index (χ0n) is 6.33. The normalized spacial score (nSPS) is 15.3. The van der Waals surface area contributed by atoms with Gasteiger partial charge in [-0.1, -0.05) is 13.8 Å². The van der Waals surface area contributed by atoms with Gasteiger partial charge in [-0.05, 0) is 11.0 Å². The monoisotopic (exact) mass is 138 g/mol. The van der Waals surface area contributed by atoms with E-state index >= 15 is 0 Å². The van der Waals surface area contributed by atoms with E-state index in [2.05, 4.69) is 30.2 Å². The van der Waals surface area contributed by atoms with Gasteiger partial charge >= 0.3 is 0 Å².